The molecule has 0 aliphatic rings. The summed E-state index contributed by atoms with van der Waals surface area (Å²) in [7, 11) is 0. The van der Waals surface area contributed by atoms with Crippen molar-refractivity contribution >= 4 is 12.2 Å². The Labute approximate surface area is 95.5 Å². The molecule has 1 amide bonds. The van der Waals surface area contributed by atoms with E-state index in [1.54, 1.807) is 12.2 Å². The van der Waals surface area contributed by atoms with Gasteiger partial charge in [-0.25, -0.2) is 0 Å². The molecular formula is C13H15NO2. The summed E-state index contributed by atoms with van der Waals surface area (Å²) in [5.41, 5.74) is 3.76. The van der Waals surface area contributed by atoms with Crippen molar-refractivity contribution in [3.8, 4) is 0 Å². The molecule has 0 rings (SSSR count). The molecule has 0 unspecified atom stereocenters. The van der Waals surface area contributed by atoms with Crippen LogP contribution in [0.1, 0.15) is 6.92 Å². The number of carbonyl (C=O) groups is 2. The average Bonchev–Trinajstić information content (AvgIpc) is 2.26. The Kier molecular flexibility index (Phi) is 7.12. The highest BCUT2D eigenvalue weighted by Crippen LogP contribution is 1.99. The second-order valence-corrected chi connectivity index (χ2v) is 3.08. The minimum atomic E-state index is -0.261. The first kappa shape index (κ1) is 13.9. The van der Waals surface area contributed by atoms with Gasteiger partial charge >= 0.3 is 0 Å². The van der Waals surface area contributed by atoms with E-state index < -0.39 is 0 Å². The summed E-state index contributed by atoms with van der Waals surface area (Å²) in [5.74, 6) is -0.261. The first-order chi connectivity index (χ1) is 7.63. The molecular weight excluding hydrogens is 202 g/mol. The number of hydrogen-bond acceptors (Lipinski definition) is 2. The standard InChI is InChI=1S/C13H15NO2/c1-4-6-12(10-15)8-11(3)9-14-13(16)7-5-2/h4,6-8,10H,1-2,9H2,3H3,(H,14,16). The fraction of sp³-hybridized carbons (Fsp3) is 0.154. The minimum absolute atomic E-state index is 0.261. The van der Waals surface area contributed by atoms with Crippen LogP contribution in [0, 0.1) is 0 Å². The van der Waals surface area contributed by atoms with E-state index >= 15 is 0 Å². The third kappa shape index (κ3) is 6.35. The van der Waals surface area contributed by atoms with Crippen LogP contribution in [0.5, 0.6) is 0 Å². The zero-order valence-corrected chi connectivity index (χ0v) is 9.32. The average molecular weight is 217 g/mol. The molecule has 0 aromatic carbocycles. The van der Waals surface area contributed by atoms with Crippen LogP contribution in [0.3, 0.4) is 0 Å². The maximum absolute atomic E-state index is 11.0. The zero-order valence-electron chi connectivity index (χ0n) is 9.32. The second-order valence-electron chi connectivity index (χ2n) is 3.08. The molecule has 1 N–H and O–H groups in total. The third-order valence-electron chi connectivity index (χ3n) is 1.63. The molecule has 0 aliphatic heterocycles. The number of amides is 1. The largest absolute Gasteiger partial charge is 0.348 e. The van der Waals surface area contributed by atoms with Gasteiger partial charge in [0.25, 0.3) is 5.91 Å². The number of nitrogens with one attached hydrogen (secondary N) is 1. The topological polar surface area (TPSA) is 46.2 Å². The first-order valence-electron chi connectivity index (χ1n) is 4.72. The molecule has 84 valence electrons. The molecule has 0 heterocycles. The maximum Gasteiger partial charge on any atom is 0.251 e. The van der Waals surface area contributed by atoms with E-state index in [0.717, 1.165) is 11.9 Å². The Morgan fingerprint density at radius 2 is 2.19 bits per heavy atom. The van der Waals surface area contributed by atoms with Gasteiger partial charge in [0.2, 0.25) is 0 Å². The van der Waals surface area contributed by atoms with Gasteiger partial charge in [0.05, 0.1) is 0 Å². The number of allylic oxidation sites excluding steroid dienone is 4. The lowest BCUT2D eigenvalue weighted by molar-refractivity contribution is -0.116. The van der Waals surface area contributed by atoms with Gasteiger partial charge in [0, 0.05) is 18.2 Å². The van der Waals surface area contributed by atoms with E-state index in [4.69, 9.17) is 0 Å². The molecule has 0 aromatic heterocycles. The van der Waals surface area contributed by atoms with Crippen molar-refractivity contribution in [1.29, 1.82) is 0 Å². The smallest absolute Gasteiger partial charge is 0.251 e. The zero-order chi connectivity index (χ0) is 12.4. The molecule has 3 nitrogen and oxygen atoms in total. The van der Waals surface area contributed by atoms with Crippen molar-refractivity contribution in [3.63, 3.8) is 0 Å². The maximum atomic E-state index is 11.0. The van der Waals surface area contributed by atoms with E-state index in [9.17, 15) is 9.59 Å². The van der Waals surface area contributed by atoms with Crippen molar-refractivity contribution in [2.75, 3.05) is 6.54 Å². The number of aldehydes is 1. The lowest BCUT2D eigenvalue weighted by Gasteiger charge is -2.01. The van der Waals surface area contributed by atoms with Crippen molar-refractivity contribution < 1.29 is 9.59 Å². The molecule has 0 bridgehead atoms. The summed E-state index contributed by atoms with van der Waals surface area (Å²) in [6.45, 7) is 8.98. The monoisotopic (exact) mass is 217 g/mol. The fourth-order valence-corrected chi connectivity index (χ4v) is 0.963. The summed E-state index contributed by atoms with van der Waals surface area (Å²) in [6, 6.07) is 0. The molecule has 0 aliphatic carbocycles. The van der Waals surface area contributed by atoms with Crippen LogP contribution in [0.4, 0.5) is 0 Å². The summed E-state index contributed by atoms with van der Waals surface area (Å²) < 4.78 is 0. The van der Waals surface area contributed by atoms with Crippen LogP contribution in [-0.4, -0.2) is 18.7 Å². The predicted octanol–water partition coefficient (Wildman–Crippen LogP) is 1.70. The Bertz CT molecular complexity index is 383. The number of rotatable bonds is 6. The van der Waals surface area contributed by atoms with E-state index in [0.29, 0.717) is 12.1 Å². The van der Waals surface area contributed by atoms with Crippen LogP contribution in [0.2, 0.25) is 0 Å². The van der Waals surface area contributed by atoms with Gasteiger partial charge < -0.3 is 5.32 Å². The van der Waals surface area contributed by atoms with Gasteiger partial charge in [0.15, 0.2) is 0 Å². The Balaban J connectivity index is 4.39. The van der Waals surface area contributed by atoms with Crippen molar-refractivity contribution in [2.45, 2.75) is 6.92 Å². The summed E-state index contributed by atoms with van der Waals surface area (Å²) in [4.78, 5) is 21.6. The predicted molar refractivity (Wildman–Crippen MR) is 64.8 cm³/mol. The van der Waals surface area contributed by atoms with E-state index in [1.807, 2.05) is 6.92 Å². The van der Waals surface area contributed by atoms with Gasteiger partial charge in [-0.15, -0.1) is 5.73 Å². The minimum Gasteiger partial charge on any atom is -0.348 e. The Morgan fingerprint density at radius 3 is 2.69 bits per heavy atom. The van der Waals surface area contributed by atoms with Crippen LogP contribution >= 0.6 is 0 Å². The van der Waals surface area contributed by atoms with Crippen molar-refractivity contribution in [1.82, 2.24) is 5.32 Å². The third-order valence-corrected chi connectivity index (χ3v) is 1.63. The molecule has 0 radical (unpaired) electrons. The number of carbonyl (C=O) groups excluding carboxylic acids is 2. The fourth-order valence-electron chi connectivity index (χ4n) is 0.963. The quantitative estimate of drug-likeness (QED) is 0.318. The van der Waals surface area contributed by atoms with Crippen molar-refractivity contribution in [3.05, 3.63) is 54.3 Å². The van der Waals surface area contributed by atoms with E-state index in [2.05, 4.69) is 24.2 Å². The van der Waals surface area contributed by atoms with Crippen LogP contribution in [0.25, 0.3) is 0 Å². The molecule has 0 saturated heterocycles. The van der Waals surface area contributed by atoms with Gasteiger partial charge in [-0.05, 0) is 6.92 Å². The van der Waals surface area contributed by atoms with Crippen LogP contribution in [-0.2, 0) is 9.59 Å². The highest BCUT2D eigenvalue weighted by molar-refractivity contribution is 5.87. The molecule has 0 aromatic rings. The highest BCUT2D eigenvalue weighted by Gasteiger charge is 1.96. The van der Waals surface area contributed by atoms with Gasteiger partial charge in [-0.1, -0.05) is 37.0 Å². The molecule has 0 saturated carbocycles. The van der Waals surface area contributed by atoms with Crippen LogP contribution < -0.4 is 5.32 Å². The van der Waals surface area contributed by atoms with Gasteiger partial charge in [-0.2, -0.15) is 0 Å². The molecule has 0 spiro atoms. The lowest BCUT2D eigenvalue weighted by Crippen LogP contribution is -2.22. The molecule has 0 fully saturated rings. The lowest BCUT2D eigenvalue weighted by atomic mass is 10.1. The molecule has 3 heteroatoms. The summed E-state index contributed by atoms with van der Waals surface area (Å²) in [6.07, 6.45) is 6.77. The van der Waals surface area contributed by atoms with Gasteiger partial charge in [0.1, 0.15) is 6.29 Å². The number of hydrogen-bond donors (Lipinski definition) is 1. The van der Waals surface area contributed by atoms with E-state index in [-0.39, 0.29) is 5.91 Å². The second kappa shape index (κ2) is 8.21. The van der Waals surface area contributed by atoms with E-state index in [1.165, 1.54) is 12.2 Å². The first-order valence-corrected chi connectivity index (χ1v) is 4.72. The van der Waals surface area contributed by atoms with Crippen molar-refractivity contribution in [2.24, 2.45) is 0 Å². The SMILES string of the molecule is C=C=CC(=O)NCC(C)=CC(C=O)=CC=C. The van der Waals surface area contributed by atoms with Gasteiger partial charge in [-0.3, -0.25) is 9.59 Å². The summed E-state index contributed by atoms with van der Waals surface area (Å²) in [5, 5.41) is 2.62. The van der Waals surface area contributed by atoms with Crippen LogP contribution in [0.15, 0.2) is 54.3 Å². The molecule has 0 atom stereocenters. The Morgan fingerprint density at radius 1 is 1.50 bits per heavy atom. The Hall–Kier alpha value is -2.12. The molecule has 16 heavy (non-hydrogen) atoms. The normalized spacial score (nSPS) is 11.3. The summed E-state index contributed by atoms with van der Waals surface area (Å²) >= 11 is 0. The highest BCUT2D eigenvalue weighted by atomic mass is 16.1.